The summed E-state index contributed by atoms with van der Waals surface area (Å²) in [6, 6.07) is 8.17. The third-order valence-corrected chi connectivity index (χ3v) is 4.51. The summed E-state index contributed by atoms with van der Waals surface area (Å²) < 4.78 is 1.05. The normalized spacial score (nSPS) is 12.5. The minimum atomic E-state index is -0.426. The Bertz CT molecular complexity index is 755. The van der Waals surface area contributed by atoms with Crippen molar-refractivity contribution < 1.29 is 5.11 Å². The van der Waals surface area contributed by atoms with E-state index in [0.29, 0.717) is 6.54 Å². The first-order valence-corrected chi connectivity index (χ1v) is 8.22. The molecule has 0 amide bonds. The second-order valence-corrected chi connectivity index (χ2v) is 6.56. The molecule has 1 atom stereocenters. The molecule has 1 aromatic carbocycles. The van der Waals surface area contributed by atoms with Crippen LogP contribution in [0.25, 0.3) is 21.3 Å². The lowest BCUT2D eigenvalue weighted by atomic mass is 10.1. The molecule has 6 heteroatoms. The van der Waals surface area contributed by atoms with E-state index in [9.17, 15) is 5.11 Å². The number of aliphatic hydroxyl groups is 1. The number of thiophene rings is 1. The van der Waals surface area contributed by atoms with Gasteiger partial charge in [-0.1, -0.05) is 28.1 Å². The van der Waals surface area contributed by atoms with Gasteiger partial charge in [0.15, 0.2) is 0 Å². The van der Waals surface area contributed by atoms with Crippen molar-refractivity contribution in [3.8, 4) is 11.1 Å². The highest BCUT2D eigenvalue weighted by Gasteiger charge is 2.13. The SMILES string of the molecule is CC(O)CNc1ncnc2scc(-c3ccc(Br)cc3)c12. The zero-order chi connectivity index (χ0) is 14.8. The average molecular weight is 364 g/mol. The summed E-state index contributed by atoms with van der Waals surface area (Å²) in [5.74, 6) is 0.764. The number of hydrogen-bond acceptors (Lipinski definition) is 5. The van der Waals surface area contributed by atoms with Gasteiger partial charge in [-0.15, -0.1) is 11.3 Å². The summed E-state index contributed by atoms with van der Waals surface area (Å²) in [5.41, 5.74) is 2.23. The third-order valence-electron chi connectivity index (χ3n) is 3.09. The number of nitrogens with one attached hydrogen (secondary N) is 1. The molecule has 0 spiro atoms. The van der Waals surface area contributed by atoms with Crippen LogP contribution in [0.1, 0.15) is 6.92 Å². The summed E-state index contributed by atoms with van der Waals surface area (Å²) in [5, 5.41) is 15.7. The first-order chi connectivity index (χ1) is 10.1. The fourth-order valence-electron chi connectivity index (χ4n) is 2.10. The number of fused-ring (bicyclic) bond motifs is 1. The maximum absolute atomic E-state index is 9.44. The van der Waals surface area contributed by atoms with Gasteiger partial charge in [0.1, 0.15) is 17.0 Å². The van der Waals surface area contributed by atoms with Crippen molar-refractivity contribution in [1.82, 2.24) is 9.97 Å². The maximum atomic E-state index is 9.44. The lowest BCUT2D eigenvalue weighted by molar-refractivity contribution is 0.208. The van der Waals surface area contributed by atoms with Crippen LogP contribution < -0.4 is 5.32 Å². The number of hydrogen-bond donors (Lipinski definition) is 2. The predicted molar refractivity (Wildman–Crippen MR) is 90.7 cm³/mol. The molecule has 2 aromatic heterocycles. The molecular formula is C15H14BrN3OS. The molecule has 0 bridgehead atoms. The van der Waals surface area contributed by atoms with Gasteiger partial charge in [0.25, 0.3) is 0 Å². The fourth-order valence-corrected chi connectivity index (χ4v) is 3.28. The highest BCUT2D eigenvalue weighted by molar-refractivity contribution is 9.10. The average Bonchev–Trinajstić information content (AvgIpc) is 2.90. The van der Waals surface area contributed by atoms with Gasteiger partial charge < -0.3 is 10.4 Å². The van der Waals surface area contributed by atoms with Gasteiger partial charge in [-0.3, -0.25) is 0 Å². The third kappa shape index (κ3) is 3.07. The standard InChI is InChI=1S/C15H14BrN3OS/c1-9(20)6-17-14-13-12(7-21-15(13)19-8-18-14)10-2-4-11(16)5-3-10/h2-5,7-9,20H,6H2,1H3,(H,17,18,19). The molecule has 3 aromatic rings. The van der Waals surface area contributed by atoms with E-state index in [1.807, 2.05) is 12.1 Å². The Morgan fingerprint density at radius 3 is 2.76 bits per heavy atom. The fraction of sp³-hybridized carbons (Fsp3) is 0.200. The second-order valence-electron chi connectivity index (χ2n) is 4.79. The molecule has 21 heavy (non-hydrogen) atoms. The van der Waals surface area contributed by atoms with E-state index in [4.69, 9.17) is 0 Å². The number of anilines is 1. The highest BCUT2D eigenvalue weighted by Crippen LogP contribution is 2.36. The molecule has 1 unspecified atom stereocenters. The number of halogens is 1. The Hall–Kier alpha value is -1.50. The Kier molecular flexibility index (Phi) is 4.19. The van der Waals surface area contributed by atoms with E-state index in [1.165, 1.54) is 0 Å². The smallest absolute Gasteiger partial charge is 0.138 e. The summed E-state index contributed by atoms with van der Waals surface area (Å²) in [6.45, 7) is 2.20. The maximum Gasteiger partial charge on any atom is 0.138 e. The molecule has 0 fully saturated rings. The van der Waals surface area contributed by atoms with Gasteiger partial charge in [0, 0.05) is 22.0 Å². The van der Waals surface area contributed by atoms with Crippen molar-refractivity contribution in [2.24, 2.45) is 0 Å². The molecule has 4 nitrogen and oxygen atoms in total. The molecule has 108 valence electrons. The first kappa shape index (κ1) is 14.4. The molecule has 0 aliphatic carbocycles. The number of aliphatic hydroxyl groups excluding tert-OH is 1. The quantitative estimate of drug-likeness (QED) is 0.737. The monoisotopic (exact) mass is 363 g/mol. The first-order valence-electron chi connectivity index (χ1n) is 6.55. The van der Waals surface area contributed by atoms with Crippen LogP contribution in [0.3, 0.4) is 0 Å². The van der Waals surface area contributed by atoms with E-state index in [-0.39, 0.29) is 0 Å². The molecule has 0 aliphatic heterocycles. The molecule has 2 N–H and O–H groups in total. The van der Waals surface area contributed by atoms with Crippen LogP contribution in [0.4, 0.5) is 5.82 Å². The Labute approximate surface area is 135 Å². The van der Waals surface area contributed by atoms with E-state index < -0.39 is 6.10 Å². The van der Waals surface area contributed by atoms with Crippen LogP contribution in [0, 0.1) is 0 Å². The summed E-state index contributed by atoms with van der Waals surface area (Å²) >= 11 is 5.05. The molecule has 2 heterocycles. The highest BCUT2D eigenvalue weighted by atomic mass is 79.9. The van der Waals surface area contributed by atoms with Crippen molar-refractivity contribution >= 4 is 43.3 Å². The van der Waals surface area contributed by atoms with Gasteiger partial charge in [-0.05, 0) is 24.6 Å². The lowest BCUT2D eigenvalue weighted by Gasteiger charge is -2.09. The molecule has 0 saturated carbocycles. The number of rotatable bonds is 4. The summed E-state index contributed by atoms with van der Waals surface area (Å²) in [6.07, 6.45) is 1.12. The minimum Gasteiger partial charge on any atom is -0.392 e. The van der Waals surface area contributed by atoms with E-state index in [2.05, 4.69) is 48.7 Å². The molecule has 0 aliphatic rings. The molecular weight excluding hydrogens is 350 g/mol. The molecule has 0 radical (unpaired) electrons. The topological polar surface area (TPSA) is 58.0 Å². The number of nitrogens with zero attached hydrogens (tertiary/aromatic N) is 2. The summed E-state index contributed by atoms with van der Waals surface area (Å²) in [4.78, 5) is 9.59. The summed E-state index contributed by atoms with van der Waals surface area (Å²) in [7, 11) is 0. The van der Waals surface area contributed by atoms with Crippen LogP contribution in [-0.4, -0.2) is 27.7 Å². The van der Waals surface area contributed by atoms with Crippen molar-refractivity contribution in [1.29, 1.82) is 0 Å². The van der Waals surface area contributed by atoms with Gasteiger partial charge in [0.2, 0.25) is 0 Å². The van der Waals surface area contributed by atoms with Gasteiger partial charge >= 0.3 is 0 Å². The Morgan fingerprint density at radius 2 is 2.05 bits per heavy atom. The van der Waals surface area contributed by atoms with Crippen molar-refractivity contribution in [3.63, 3.8) is 0 Å². The number of benzene rings is 1. The predicted octanol–water partition coefficient (Wildman–Crippen LogP) is 3.91. The molecule has 0 saturated heterocycles. The van der Waals surface area contributed by atoms with E-state index in [0.717, 1.165) is 31.6 Å². The van der Waals surface area contributed by atoms with Crippen molar-refractivity contribution in [2.75, 3.05) is 11.9 Å². The van der Waals surface area contributed by atoms with Gasteiger partial charge in [0.05, 0.1) is 11.5 Å². The van der Waals surface area contributed by atoms with Crippen molar-refractivity contribution in [3.05, 3.63) is 40.4 Å². The molecule has 3 rings (SSSR count). The van der Waals surface area contributed by atoms with Gasteiger partial charge in [-0.2, -0.15) is 0 Å². The van der Waals surface area contributed by atoms with Crippen LogP contribution in [0.2, 0.25) is 0 Å². The number of aromatic nitrogens is 2. The lowest BCUT2D eigenvalue weighted by Crippen LogP contribution is -2.16. The largest absolute Gasteiger partial charge is 0.392 e. The van der Waals surface area contributed by atoms with Crippen molar-refractivity contribution in [2.45, 2.75) is 13.0 Å². The van der Waals surface area contributed by atoms with Crippen LogP contribution in [0.15, 0.2) is 40.4 Å². The second kappa shape index (κ2) is 6.09. The van der Waals surface area contributed by atoms with Gasteiger partial charge in [-0.25, -0.2) is 9.97 Å². The van der Waals surface area contributed by atoms with Crippen LogP contribution in [-0.2, 0) is 0 Å². The van der Waals surface area contributed by atoms with E-state index in [1.54, 1.807) is 24.6 Å². The van der Waals surface area contributed by atoms with Crippen LogP contribution in [0.5, 0.6) is 0 Å². The van der Waals surface area contributed by atoms with Crippen LogP contribution >= 0.6 is 27.3 Å². The Balaban J connectivity index is 2.08. The minimum absolute atomic E-state index is 0.426. The Morgan fingerprint density at radius 1 is 1.29 bits per heavy atom. The zero-order valence-corrected chi connectivity index (χ0v) is 13.8. The zero-order valence-electron chi connectivity index (χ0n) is 11.4. The van der Waals surface area contributed by atoms with E-state index >= 15 is 0 Å².